The summed E-state index contributed by atoms with van der Waals surface area (Å²) in [4.78, 5) is 2.55. The number of hydrogen-bond donors (Lipinski definition) is 1. The molecule has 0 bridgehead atoms. The quantitative estimate of drug-likeness (QED) is 0.732. The van der Waals surface area contributed by atoms with Crippen LogP contribution in [0.15, 0.2) is 24.3 Å². The van der Waals surface area contributed by atoms with Gasteiger partial charge in [0.25, 0.3) is 0 Å². The van der Waals surface area contributed by atoms with Crippen LogP contribution in [0.5, 0.6) is 0 Å². The van der Waals surface area contributed by atoms with E-state index >= 15 is 0 Å². The van der Waals surface area contributed by atoms with Gasteiger partial charge < -0.3 is 10.6 Å². The van der Waals surface area contributed by atoms with Crippen LogP contribution in [0, 0.1) is 0 Å². The normalized spacial score (nSPS) is 26.5. The highest BCUT2D eigenvalue weighted by molar-refractivity contribution is 5.54. The topological polar surface area (TPSA) is 29.3 Å². The van der Waals surface area contributed by atoms with Crippen LogP contribution >= 0.6 is 0 Å². The van der Waals surface area contributed by atoms with E-state index in [0.29, 0.717) is 12.1 Å². The minimum atomic E-state index is 0.640. The van der Waals surface area contributed by atoms with Crippen LogP contribution in [-0.2, 0) is 0 Å². The first-order valence-electron chi connectivity index (χ1n) is 6.32. The Balaban J connectivity index is 2.24. The van der Waals surface area contributed by atoms with Crippen LogP contribution in [0.25, 0.3) is 0 Å². The smallest absolute Gasteiger partial charge is 0.0372 e. The SMILES string of the molecule is CC1CCCCC(C)N1c1ccc(N)cc1. The van der Waals surface area contributed by atoms with Gasteiger partial charge in [-0.3, -0.25) is 0 Å². The largest absolute Gasteiger partial charge is 0.399 e. The second-order valence-electron chi connectivity index (χ2n) is 4.98. The summed E-state index contributed by atoms with van der Waals surface area (Å²) in [6.07, 6.45) is 5.32. The van der Waals surface area contributed by atoms with Crippen molar-refractivity contribution < 1.29 is 0 Å². The summed E-state index contributed by atoms with van der Waals surface area (Å²) in [5.41, 5.74) is 7.90. The van der Waals surface area contributed by atoms with Crippen molar-refractivity contribution >= 4 is 11.4 Å². The molecule has 1 heterocycles. The molecule has 1 fully saturated rings. The zero-order chi connectivity index (χ0) is 11.5. The lowest BCUT2D eigenvalue weighted by atomic mass is 10.1. The van der Waals surface area contributed by atoms with Gasteiger partial charge in [-0.05, 0) is 51.0 Å². The predicted octanol–water partition coefficient (Wildman–Crippen LogP) is 3.43. The molecule has 1 aromatic rings. The summed E-state index contributed by atoms with van der Waals surface area (Å²) in [6, 6.07) is 9.57. The van der Waals surface area contributed by atoms with Crippen molar-refractivity contribution in [2.75, 3.05) is 10.6 Å². The molecule has 0 spiro atoms. The van der Waals surface area contributed by atoms with Crippen LogP contribution < -0.4 is 10.6 Å². The van der Waals surface area contributed by atoms with Crippen molar-refractivity contribution in [1.82, 2.24) is 0 Å². The van der Waals surface area contributed by atoms with Gasteiger partial charge in [-0.15, -0.1) is 0 Å². The molecule has 0 saturated carbocycles. The third-order valence-electron chi connectivity index (χ3n) is 3.63. The monoisotopic (exact) mass is 218 g/mol. The van der Waals surface area contributed by atoms with Gasteiger partial charge in [0, 0.05) is 23.5 Å². The number of hydrogen-bond acceptors (Lipinski definition) is 2. The zero-order valence-electron chi connectivity index (χ0n) is 10.3. The van der Waals surface area contributed by atoms with Gasteiger partial charge in [-0.1, -0.05) is 12.8 Å². The van der Waals surface area contributed by atoms with Crippen molar-refractivity contribution in [3.8, 4) is 0 Å². The molecule has 2 unspecified atom stereocenters. The standard InChI is InChI=1S/C14H22N2/c1-11-5-3-4-6-12(2)16(11)14-9-7-13(15)8-10-14/h7-12H,3-6,15H2,1-2H3. The van der Waals surface area contributed by atoms with E-state index in [-0.39, 0.29) is 0 Å². The summed E-state index contributed by atoms with van der Waals surface area (Å²) in [5.74, 6) is 0. The van der Waals surface area contributed by atoms with Crippen molar-refractivity contribution in [3.63, 3.8) is 0 Å². The third kappa shape index (κ3) is 2.31. The molecular weight excluding hydrogens is 196 g/mol. The molecule has 1 aromatic carbocycles. The molecule has 0 radical (unpaired) electrons. The Labute approximate surface area is 98.4 Å². The van der Waals surface area contributed by atoms with Crippen molar-refractivity contribution in [3.05, 3.63) is 24.3 Å². The number of nitrogens with two attached hydrogens (primary N) is 1. The lowest BCUT2D eigenvalue weighted by Crippen LogP contribution is -2.38. The van der Waals surface area contributed by atoms with Gasteiger partial charge in [0.2, 0.25) is 0 Å². The van der Waals surface area contributed by atoms with E-state index in [1.54, 1.807) is 0 Å². The average molecular weight is 218 g/mol. The highest BCUT2D eigenvalue weighted by Gasteiger charge is 2.22. The Morgan fingerprint density at radius 2 is 1.50 bits per heavy atom. The number of benzene rings is 1. The summed E-state index contributed by atoms with van der Waals surface area (Å²) < 4.78 is 0. The average Bonchev–Trinajstić information content (AvgIpc) is 2.42. The zero-order valence-corrected chi connectivity index (χ0v) is 10.3. The molecule has 1 saturated heterocycles. The fourth-order valence-corrected chi connectivity index (χ4v) is 2.75. The van der Waals surface area contributed by atoms with E-state index in [1.165, 1.54) is 31.4 Å². The molecule has 16 heavy (non-hydrogen) atoms. The van der Waals surface area contributed by atoms with Crippen LogP contribution in [0.2, 0.25) is 0 Å². The van der Waals surface area contributed by atoms with E-state index in [4.69, 9.17) is 5.73 Å². The molecule has 2 atom stereocenters. The first-order valence-corrected chi connectivity index (χ1v) is 6.32. The summed E-state index contributed by atoms with van der Waals surface area (Å²) in [5, 5.41) is 0. The van der Waals surface area contributed by atoms with Gasteiger partial charge in [-0.25, -0.2) is 0 Å². The Kier molecular flexibility index (Phi) is 3.37. The molecule has 2 rings (SSSR count). The maximum Gasteiger partial charge on any atom is 0.0372 e. The summed E-state index contributed by atoms with van der Waals surface area (Å²) in [7, 11) is 0. The van der Waals surface area contributed by atoms with Crippen LogP contribution in [0.4, 0.5) is 11.4 Å². The molecule has 2 nitrogen and oxygen atoms in total. The molecule has 1 aliphatic heterocycles. The Morgan fingerprint density at radius 3 is 2.00 bits per heavy atom. The summed E-state index contributed by atoms with van der Waals surface area (Å²) >= 11 is 0. The predicted molar refractivity (Wildman–Crippen MR) is 70.7 cm³/mol. The van der Waals surface area contributed by atoms with E-state index in [9.17, 15) is 0 Å². The van der Waals surface area contributed by atoms with Gasteiger partial charge in [0.15, 0.2) is 0 Å². The van der Waals surface area contributed by atoms with Crippen LogP contribution in [-0.4, -0.2) is 12.1 Å². The minimum absolute atomic E-state index is 0.640. The first-order chi connectivity index (χ1) is 7.68. The molecule has 2 N–H and O–H groups in total. The fraction of sp³-hybridized carbons (Fsp3) is 0.571. The third-order valence-corrected chi connectivity index (χ3v) is 3.63. The Hall–Kier alpha value is -1.18. The van der Waals surface area contributed by atoms with Gasteiger partial charge >= 0.3 is 0 Å². The van der Waals surface area contributed by atoms with Crippen molar-refractivity contribution in [2.24, 2.45) is 0 Å². The minimum Gasteiger partial charge on any atom is -0.399 e. The van der Waals surface area contributed by atoms with Crippen molar-refractivity contribution in [1.29, 1.82) is 0 Å². The molecule has 0 aliphatic carbocycles. The molecule has 0 aromatic heterocycles. The molecular formula is C14H22N2. The number of nitrogen functional groups attached to an aromatic ring is 1. The molecule has 2 heteroatoms. The number of rotatable bonds is 1. The van der Waals surface area contributed by atoms with E-state index in [0.717, 1.165) is 5.69 Å². The molecule has 88 valence electrons. The van der Waals surface area contributed by atoms with Crippen LogP contribution in [0.3, 0.4) is 0 Å². The van der Waals surface area contributed by atoms with E-state index in [2.05, 4.69) is 30.9 Å². The highest BCUT2D eigenvalue weighted by Crippen LogP contribution is 2.28. The van der Waals surface area contributed by atoms with Crippen LogP contribution in [0.1, 0.15) is 39.5 Å². The van der Waals surface area contributed by atoms with Gasteiger partial charge in [0.1, 0.15) is 0 Å². The van der Waals surface area contributed by atoms with Gasteiger partial charge in [-0.2, -0.15) is 0 Å². The van der Waals surface area contributed by atoms with Crippen molar-refractivity contribution in [2.45, 2.75) is 51.6 Å². The Bertz CT molecular complexity index is 319. The second kappa shape index (κ2) is 4.77. The first kappa shape index (κ1) is 11.3. The number of nitrogens with zero attached hydrogens (tertiary/aromatic N) is 1. The lowest BCUT2D eigenvalue weighted by Gasteiger charge is -2.35. The number of anilines is 2. The fourth-order valence-electron chi connectivity index (χ4n) is 2.75. The molecule has 0 amide bonds. The maximum atomic E-state index is 5.74. The second-order valence-corrected chi connectivity index (χ2v) is 4.98. The Morgan fingerprint density at radius 1 is 1.00 bits per heavy atom. The van der Waals surface area contributed by atoms with E-state index < -0.39 is 0 Å². The lowest BCUT2D eigenvalue weighted by molar-refractivity contribution is 0.558. The summed E-state index contributed by atoms with van der Waals surface area (Å²) in [6.45, 7) is 4.66. The molecule has 1 aliphatic rings. The van der Waals surface area contributed by atoms with E-state index in [1.807, 2.05) is 12.1 Å². The van der Waals surface area contributed by atoms with Gasteiger partial charge in [0.05, 0.1) is 0 Å². The highest BCUT2D eigenvalue weighted by atomic mass is 15.2. The maximum absolute atomic E-state index is 5.74.